The average molecular weight is 1130 g/mol. The molecule has 76 heavy (non-hydrogen) atoms. The third-order valence-corrected chi connectivity index (χ3v) is 16.5. The maximum Gasteiger partial charge on any atom is 0.243 e. The number of para-hydroxylation sites is 2. The lowest BCUT2D eigenvalue weighted by Gasteiger charge is -2.23. The molecule has 6 aromatic rings. The van der Waals surface area contributed by atoms with E-state index in [-0.39, 0.29) is 34.7 Å². The summed E-state index contributed by atoms with van der Waals surface area (Å²) < 4.78 is 109. The summed E-state index contributed by atoms with van der Waals surface area (Å²) in [5, 5.41) is 15.5. The first-order chi connectivity index (χ1) is 36.0. The highest BCUT2D eigenvalue weighted by Gasteiger charge is 2.41. The molecule has 6 heterocycles. The van der Waals surface area contributed by atoms with Gasteiger partial charge in [-0.3, -0.25) is 18.6 Å². The fourth-order valence-corrected chi connectivity index (χ4v) is 11.2. The highest BCUT2D eigenvalue weighted by molar-refractivity contribution is 7.93. The minimum absolute atomic E-state index is 0.0603. The van der Waals surface area contributed by atoms with Crippen LogP contribution in [0, 0.1) is 0 Å². The van der Waals surface area contributed by atoms with Crippen molar-refractivity contribution in [3.63, 3.8) is 0 Å². The SMILES string of the molecule is COc1cccc(OC)c1-n1c(NS(=O)(=O)[C@@H](C)[C@H](OC)c2ncc(Cl)cn2)nnc1[C@@H]1CCC(C)(C)O1.COc1cccc(OC)c1-n1c(NS(=O)(=O)[C@@H](C)[C@H](OC)c2ncc(Cl)cn2)nnc1[C@H]1CCC(C)(C)O1. The van der Waals surface area contributed by atoms with Crippen LogP contribution in [-0.4, -0.2) is 131 Å². The fraction of sp³-hybridized carbons (Fsp3) is 0.500. The maximum absolute atomic E-state index is 13.6. The highest BCUT2D eigenvalue weighted by atomic mass is 35.5. The molecule has 0 aliphatic carbocycles. The zero-order valence-corrected chi connectivity index (χ0v) is 47.2. The van der Waals surface area contributed by atoms with E-state index in [4.69, 9.17) is 61.1 Å². The van der Waals surface area contributed by atoms with Crippen molar-refractivity contribution >= 4 is 55.1 Å². The number of sulfonamides is 2. The van der Waals surface area contributed by atoms with Gasteiger partial charge in [-0.1, -0.05) is 35.3 Å². The van der Waals surface area contributed by atoms with Crippen LogP contribution in [0.5, 0.6) is 23.0 Å². The molecule has 0 saturated carbocycles. The van der Waals surface area contributed by atoms with Crippen molar-refractivity contribution in [2.45, 2.75) is 113 Å². The van der Waals surface area contributed by atoms with Gasteiger partial charge in [-0.25, -0.2) is 36.8 Å². The zero-order valence-electron chi connectivity index (χ0n) is 44.0. The van der Waals surface area contributed by atoms with Crippen molar-refractivity contribution in [1.82, 2.24) is 49.5 Å². The molecule has 0 spiro atoms. The number of hydrogen-bond donors (Lipinski definition) is 2. The third kappa shape index (κ3) is 12.5. The third-order valence-electron chi connectivity index (χ3n) is 12.7. The Kier molecular flexibility index (Phi) is 18.0. The van der Waals surface area contributed by atoms with Gasteiger partial charge in [0.25, 0.3) is 0 Å². The van der Waals surface area contributed by atoms with Crippen LogP contribution in [0.4, 0.5) is 11.9 Å². The van der Waals surface area contributed by atoms with E-state index in [1.165, 1.54) is 81.3 Å². The molecular weight excluding hydrogens is 1070 g/mol. The van der Waals surface area contributed by atoms with Crippen molar-refractivity contribution in [3.05, 3.63) is 94.5 Å². The predicted octanol–water partition coefficient (Wildman–Crippen LogP) is 7.75. The molecule has 2 fully saturated rings. The molecule has 2 aliphatic rings. The van der Waals surface area contributed by atoms with E-state index < -0.39 is 55.0 Å². The van der Waals surface area contributed by atoms with Crippen LogP contribution in [0.1, 0.15) is 115 Å². The molecule has 2 N–H and O–H groups in total. The summed E-state index contributed by atoms with van der Waals surface area (Å²) in [4.78, 5) is 16.5. The van der Waals surface area contributed by atoms with Gasteiger partial charge < -0.3 is 37.9 Å². The highest BCUT2D eigenvalue weighted by Crippen LogP contribution is 2.45. The first-order valence-corrected chi connectivity index (χ1v) is 27.6. The van der Waals surface area contributed by atoms with Gasteiger partial charge in [-0.2, -0.15) is 0 Å². The Labute approximate surface area is 451 Å². The van der Waals surface area contributed by atoms with Crippen LogP contribution in [0.3, 0.4) is 0 Å². The lowest BCUT2D eigenvalue weighted by Crippen LogP contribution is -2.33. The second-order valence-corrected chi connectivity index (χ2v) is 23.8. The normalized spacial score (nSPS) is 18.7. The number of nitrogens with zero attached hydrogens (tertiary/aromatic N) is 10. The summed E-state index contributed by atoms with van der Waals surface area (Å²) in [6.45, 7) is 10.9. The van der Waals surface area contributed by atoms with Crippen LogP contribution in [0.15, 0.2) is 61.2 Å². The number of anilines is 2. The fourth-order valence-electron chi connectivity index (χ4n) is 8.73. The number of rotatable bonds is 20. The molecule has 0 unspecified atom stereocenters. The van der Waals surface area contributed by atoms with Gasteiger partial charge in [0.2, 0.25) is 31.9 Å². The smallest absolute Gasteiger partial charge is 0.243 e. The first-order valence-electron chi connectivity index (χ1n) is 23.7. The van der Waals surface area contributed by atoms with Crippen LogP contribution >= 0.6 is 23.2 Å². The predicted molar refractivity (Wildman–Crippen MR) is 281 cm³/mol. The molecule has 0 amide bonds. The monoisotopic (exact) mass is 1130 g/mol. The number of ether oxygens (including phenoxy) is 8. The zero-order chi connectivity index (χ0) is 55.3. The first kappa shape index (κ1) is 57.7. The van der Waals surface area contributed by atoms with E-state index in [2.05, 4.69) is 49.8 Å². The van der Waals surface area contributed by atoms with Gasteiger partial charge in [-0.05, 0) is 91.5 Å². The second-order valence-electron chi connectivity index (χ2n) is 18.8. The molecule has 2 aromatic carbocycles. The second kappa shape index (κ2) is 23.7. The van der Waals surface area contributed by atoms with Crippen LogP contribution in [-0.2, 0) is 39.0 Å². The van der Waals surface area contributed by atoms with E-state index in [0.29, 0.717) is 68.9 Å². The average Bonchev–Trinajstić information content (AvgIpc) is 4.21. The van der Waals surface area contributed by atoms with E-state index >= 15 is 0 Å². The number of benzene rings is 2. The number of halogens is 2. The van der Waals surface area contributed by atoms with Crippen LogP contribution in [0.2, 0.25) is 10.0 Å². The Balaban J connectivity index is 0.000000221. The van der Waals surface area contributed by atoms with Crippen molar-refractivity contribution in [2.24, 2.45) is 0 Å². The maximum atomic E-state index is 13.6. The molecule has 8 rings (SSSR count). The number of methoxy groups -OCH3 is 6. The Bertz CT molecular complexity index is 2930. The molecule has 2 saturated heterocycles. The van der Waals surface area contributed by atoms with Gasteiger partial charge in [0.15, 0.2) is 23.3 Å². The van der Waals surface area contributed by atoms with Crippen molar-refractivity contribution < 1.29 is 54.7 Å². The number of aromatic nitrogens is 10. The molecule has 24 nitrogen and oxygen atoms in total. The Morgan fingerprint density at radius 1 is 0.566 bits per heavy atom. The van der Waals surface area contributed by atoms with Gasteiger partial charge >= 0.3 is 0 Å². The van der Waals surface area contributed by atoms with Gasteiger partial charge in [0, 0.05) is 39.0 Å². The van der Waals surface area contributed by atoms with E-state index in [1.54, 1.807) is 45.5 Å². The molecule has 412 valence electrons. The molecule has 6 atom stereocenters. The molecule has 0 bridgehead atoms. The lowest BCUT2D eigenvalue weighted by atomic mass is 10.1. The Morgan fingerprint density at radius 3 is 1.14 bits per heavy atom. The number of hydrogen-bond acceptors (Lipinski definition) is 20. The molecule has 28 heteroatoms. The summed E-state index contributed by atoms with van der Waals surface area (Å²) in [5.41, 5.74) is 0.121. The summed E-state index contributed by atoms with van der Waals surface area (Å²) >= 11 is 11.8. The Morgan fingerprint density at radius 2 is 0.882 bits per heavy atom. The van der Waals surface area contributed by atoms with E-state index in [9.17, 15) is 16.8 Å². The quantitative estimate of drug-likeness (QED) is 0.0739. The molecule has 4 aromatic heterocycles. The van der Waals surface area contributed by atoms with Crippen LogP contribution < -0.4 is 28.4 Å². The summed E-state index contributed by atoms with van der Waals surface area (Å²) in [7, 11) is 0.578. The van der Waals surface area contributed by atoms with Crippen LogP contribution in [0.25, 0.3) is 11.4 Å². The van der Waals surface area contributed by atoms with Gasteiger partial charge in [0.05, 0.1) is 49.7 Å². The summed E-state index contributed by atoms with van der Waals surface area (Å²) in [5.74, 6) is 2.77. The minimum atomic E-state index is -4.12. The minimum Gasteiger partial charge on any atom is -0.494 e. The molecule has 2 aliphatic heterocycles. The number of nitrogens with one attached hydrogen (secondary N) is 2. The Hall–Kier alpha value is -6.00. The van der Waals surface area contributed by atoms with Crippen molar-refractivity contribution in [3.8, 4) is 34.4 Å². The van der Waals surface area contributed by atoms with Crippen molar-refractivity contribution in [2.75, 3.05) is 52.1 Å². The lowest BCUT2D eigenvalue weighted by molar-refractivity contribution is -0.0210. The standard InChI is InChI=1S/2C24H31ClN6O6S/c2*1-14(20(36-6)21-26-12-15(25)13-27-21)38(32,33)30-23-29-28-22(18-10-11-24(2,3)37-18)31(23)19-16(34-4)8-7-9-17(19)35-5/h2*7-9,12-14,18,20H,10-11H2,1-6H3,(H,29,30)/t14-,18+,20-;14-,18-,20-/m00/s1. The van der Waals surface area contributed by atoms with Gasteiger partial charge in [-0.15, -0.1) is 20.4 Å². The van der Waals surface area contributed by atoms with Gasteiger partial charge in [0.1, 0.15) is 69.3 Å². The topological polar surface area (TPSA) is 279 Å². The molecular formula is C48H62Cl2N12O12S2. The summed E-state index contributed by atoms with van der Waals surface area (Å²) in [6.07, 6.45) is 5.60. The summed E-state index contributed by atoms with van der Waals surface area (Å²) in [6, 6.07) is 10.5. The van der Waals surface area contributed by atoms with Crippen molar-refractivity contribution in [1.29, 1.82) is 0 Å². The van der Waals surface area contributed by atoms with E-state index in [0.717, 1.165) is 12.8 Å². The molecule has 0 radical (unpaired) electrons. The largest absolute Gasteiger partial charge is 0.494 e. The van der Waals surface area contributed by atoms with E-state index in [1.807, 2.05) is 27.7 Å².